The fraction of sp³-hybridized carbons (Fsp3) is 0.269. The molecule has 0 spiro atoms. The molecule has 3 aromatic rings. The van der Waals surface area contributed by atoms with Crippen LogP contribution in [-0.4, -0.2) is 47.3 Å². The van der Waals surface area contributed by atoms with E-state index in [4.69, 9.17) is 18.9 Å². The van der Waals surface area contributed by atoms with E-state index < -0.39 is 22.0 Å². The molecule has 1 N–H and O–H groups in total. The number of fused-ring (bicyclic) bond motifs is 2. The minimum atomic E-state index is -3.97. The summed E-state index contributed by atoms with van der Waals surface area (Å²) in [4.78, 5) is 13.3. The SMILES string of the molecule is COc1ccc(S(=O)(=O)N2C[C@H](C(=O)N[C@H](C)c3ccc4c(c3)OCCO4)Oc3ccccc32)cc1. The molecule has 0 fully saturated rings. The van der Waals surface area contributed by atoms with Crippen LogP contribution < -0.4 is 28.6 Å². The van der Waals surface area contributed by atoms with E-state index in [1.807, 2.05) is 25.1 Å². The van der Waals surface area contributed by atoms with Gasteiger partial charge in [-0.1, -0.05) is 18.2 Å². The summed E-state index contributed by atoms with van der Waals surface area (Å²) in [6.07, 6.45) is -1.05. The van der Waals surface area contributed by atoms with Crippen molar-refractivity contribution in [1.29, 1.82) is 0 Å². The second kappa shape index (κ2) is 9.62. The Labute approximate surface area is 209 Å². The van der Waals surface area contributed by atoms with Crippen LogP contribution in [0.2, 0.25) is 0 Å². The van der Waals surface area contributed by atoms with Crippen molar-refractivity contribution in [3.63, 3.8) is 0 Å². The molecule has 10 heteroatoms. The first kappa shape index (κ1) is 23.8. The molecule has 5 rings (SSSR count). The van der Waals surface area contributed by atoms with Crippen molar-refractivity contribution in [1.82, 2.24) is 5.32 Å². The minimum Gasteiger partial charge on any atom is -0.497 e. The van der Waals surface area contributed by atoms with Gasteiger partial charge in [-0.15, -0.1) is 0 Å². The molecular formula is C26H26N2O7S. The molecule has 3 aromatic carbocycles. The molecule has 9 nitrogen and oxygen atoms in total. The van der Waals surface area contributed by atoms with Crippen LogP contribution in [0.15, 0.2) is 71.6 Å². The van der Waals surface area contributed by atoms with Gasteiger partial charge < -0.3 is 24.3 Å². The smallest absolute Gasteiger partial charge is 0.264 e. The number of sulfonamides is 1. The van der Waals surface area contributed by atoms with Crippen molar-refractivity contribution < 1.29 is 32.2 Å². The number of amides is 1. The van der Waals surface area contributed by atoms with Crippen molar-refractivity contribution in [2.75, 3.05) is 31.2 Å². The largest absolute Gasteiger partial charge is 0.497 e. The third-order valence-corrected chi connectivity index (χ3v) is 7.89. The Morgan fingerprint density at radius 1 is 1.00 bits per heavy atom. The van der Waals surface area contributed by atoms with Gasteiger partial charge in [0.25, 0.3) is 15.9 Å². The number of para-hydroxylation sites is 2. The fourth-order valence-corrected chi connectivity index (χ4v) is 5.64. The molecule has 2 atom stereocenters. The molecule has 0 aliphatic carbocycles. The molecule has 2 aliphatic heterocycles. The highest BCUT2D eigenvalue weighted by Gasteiger charge is 2.38. The zero-order valence-electron chi connectivity index (χ0n) is 19.8. The number of hydrogen-bond acceptors (Lipinski definition) is 7. The second-order valence-electron chi connectivity index (χ2n) is 8.42. The Hall–Kier alpha value is -3.92. The highest BCUT2D eigenvalue weighted by Crippen LogP contribution is 2.37. The van der Waals surface area contributed by atoms with Crippen LogP contribution in [0.3, 0.4) is 0 Å². The predicted molar refractivity (Wildman–Crippen MR) is 132 cm³/mol. The Balaban J connectivity index is 1.38. The van der Waals surface area contributed by atoms with Crippen molar-refractivity contribution >= 4 is 21.6 Å². The molecule has 0 aromatic heterocycles. The Bertz CT molecular complexity index is 1380. The number of carbonyl (C=O) groups excluding carboxylic acids is 1. The number of rotatable bonds is 6. The number of hydrogen-bond donors (Lipinski definition) is 1. The van der Waals surface area contributed by atoms with Gasteiger partial charge in [-0.05, 0) is 61.0 Å². The summed E-state index contributed by atoms with van der Waals surface area (Å²) in [5.74, 6) is 1.71. The molecule has 0 saturated carbocycles. The number of nitrogens with one attached hydrogen (secondary N) is 1. The number of carbonyl (C=O) groups is 1. The number of nitrogens with zero attached hydrogens (tertiary/aromatic N) is 1. The minimum absolute atomic E-state index is 0.0869. The van der Waals surface area contributed by atoms with Gasteiger partial charge >= 0.3 is 0 Å². The lowest BCUT2D eigenvalue weighted by Gasteiger charge is -2.35. The molecule has 2 heterocycles. The third kappa shape index (κ3) is 4.51. The van der Waals surface area contributed by atoms with Gasteiger partial charge in [-0.2, -0.15) is 0 Å². The van der Waals surface area contributed by atoms with Gasteiger partial charge in [0.2, 0.25) is 0 Å². The zero-order valence-corrected chi connectivity index (χ0v) is 20.7. The van der Waals surface area contributed by atoms with Crippen molar-refractivity contribution in [2.45, 2.75) is 24.0 Å². The van der Waals surface area contributed by atoms with Crippen molar-refractivity contribution in [2.24, 2.45) is 0 Å². The number of methoxy groups -OCH3 is 1. The molecule has 188 valence electrons. The lowest BCUT2D eigenvalue weighted by molar-refractivity contribution is -0.128. The zero-order chi connectivity index (χ0) is 25.3. The van der Waals surface area contributed by atoms with Gasteiger partial charge in [0.1, 0.15) is 24.7 Å². The van der Waals surface area contributed by atoms with E-state index in [1.165, 1.54) is 23.5 Å². The maximum Gasteiger partial charge on any atom is 0.264 e. The number of benzene rings is 3. The van der Waals surface area contributed by atoms with Crippen LogP contribution in [0, 0.1) is 0 Å². The molecule has 0 unspecified atom stereocenters. The van der Waals surface area contributed by atoms with Crippen LogP contribution in [-0.2, 0) is 14.8 Å². The predicted octanol–water partition coefficient (Wildman–Crippen LogP) is 3.30. The van der Waals surface area contributed by atoms with E-state index in [-0.39, 0.29) is 17.5 Å². The van der Waals surface area contributed by atoms with Gasteiger partial charge in [0, 0.05) is 0 Å². The van der Waals surface area contributed by atoms with Crippen LogP contribution in [0.25, 0.3) is 0 Å². The van der Waals surface area contributed by atoms with Crippen LogP contribution in [0.1, 0.15) is 18.5 Å². The first-order chi connectivity index (χ1) is 17.4. The standard InChI is InChI=1S/C26H26N2O7S/c1-17(18-7-12-23-24(15-18)34-14-13-33-23)27-26(29)25-16-28(21-5-3-4-6-22(21)35-25)36(30,31)20-10-8-19(32-2)9-11-20/h3-12,15,17,25H,13-14,16H2,1-2H3,(H,27,29)/t17-,25-/m1/s1. The highest BCUT2D eigenvalue weighted by molar-refractivity contribution is 7.92. The van der Waals surface area contributed by atoms with Gasteiger partial charge in [0.05, 0.1) is 30.3 Å². The van der Waals surface area contributed by atoms with E-state index in [2.05, 4.69) is 5.32 Å². The summed E-state index contributed by atoms with van der Waals surface area (Å²) >= 11 is 0. The summed E-state index contributed by atoms with van der Waals surface area (Å²) in [6.45, 7) is 2.62. The lowest BCUT2D eigenvalue weighted by Crippen LogP contribution is -2.51. The Morgan fingerprint density at radius 3 is 2.47 bits per heavy atom. The lowest BCUT2D eigenvalue weighted by atomic mass is 10.1. The molecule has 36 heavy (non-hydrogen) atoms. The fourth-order valence-electron chi connectivity index (χ4n) is 4.16. The van der Waals surface area contributed by atoms with Crippen LogP contribution in [0.4, 0.5) is 5.69 Å². The normalized spacial score (nSPS) is 17.4. The molecular weight excluding hydrogens is 484 g/mol. The summed E-state index contributed by atoms with van der Waals surface area (Å²) in [5, 5.41) is 2.93. The van der Waals surface area contributed by atoms with Crippen molar-refractivity contribution in [3.8, 4) is 23.0 Å². The maximum atomic E-state index is 13.6. The highest BCUT2D eigenvalue weighted by atomic mass is 32.2. The number of ether oxygens (including phenoxy) is 4. The summed E-state index contributed by atoms with van der Waals surface area (Å²) in [6, 6.07) is 18.0. The van der Waals surface area contributed by atoms with Crippen LogP contribution in [0.5, 0.6) is 23.0 Å². The Kier molecular flexibility index (Phi) is 6.36. The average molecular weight is 511 g/mol. The quantitative estimate of drug-likeness (QED) is 0.543. The van der Waals surface area contributed by atoms with E-state index in [1.54, 1.807) is 36.4 Å². The molecule has 2 aliphatic rings. The summed E-state index contributed by atoms with van der Waals surface area (Å²) in [5.41, 5.74) is 1.20. The van der Waals surface area contributed by atoms with E-state index in [9.17, 15) is 13.2 Å². The summed E-state index contributed by atoms with van der Waals surface area (Å²) < 4.78 is 50.6. The number of anilines is 1. The maximum absolute atomic E-state index is 13.6. The topological polar surface area (TPSA) is 103 Å². The molecule has 0 radical (unpaired) electrons. The van der Waals surface area contributed by atoms with Gasteiger partial charge in [0.15, 0.2) is 17.6 Å². The monoisotopic (exact) mass is 510 g/mol. The van der Waals surface area contributed by atoms with E-state index in [0.29, 0.717) is 41.9 Å². The van der Waals surface area contributed by atoms with Gasteiger partial charge in [-0.25, -0.2) is 8.42 Å². The summed E-state index contributed by atoms with van der Waals surface area (Å²) in [7, 11) is -2.46. The first-order valence-corrected chi connectivity index (χ1v) is 12.9. The molecule has 1 amide bonds. The third-order valence-electron chi connectivity index (χ3n) is 6.10. The molecule has 0 bridgehead atoms. The van der Waals surface area contributed by atoms with Crippen molar-refractivity contribution in [3.05, 3.63) is 72.3 Å². The van der Waals surface area contributed by atoms with E-state index >= 15 is 0 Å². The average Bonchev–Trinajstić information content (AvgIpc) is 2.92. The first-order valence-electron chi connectivity index (χ1n) is 11.5. The van der Waals surface area contributed by atoms with Crippen LogP contribution >= 0.6 is 0 Å². The molecule has 0 saturated heterocycles. The Morgan fingerprint density at radius 2 is 1.72 bits per heavy atom. The second-order valence-corrected chi connectivity index (χ2v) is 10.3. The van der Waals surface area contributed by atoms with Gasteiger partial charge in [-0.3, -0.25) is 9.10 Å². The van der Waals surface area contributed by atoms with E-state index in [0.717, 1.165) is 5.56 Å².